The van der Waals surface area contributed by atoms with Crippen LogP contribution in [0.1, 0.15) is 182 Å². The number of rotatable bonds is 12. The number of carbonyl (C=O) groups is 12. The van der Waals surface area contributed by atoms with E-state index in [0.717, 1.165) is 24.5 Å². The van der Waals surface area contributed by atoms with Crippen molar-refractivity contribution in [3.05, 3.63) is 0 Å². The van der Waals surface area contributed by atoms with E-state index < -0.39 is 218 Å². The number of halogens is 6. The van der Waals surface area contributed by atoms with Crippen LogP contribution in [-0.2, 0) is 62.3 Å². The maximum absolute atomic E-state index is 15.5. The Hall–Kier alpha value is -6.82. The predicted molar refractivity (Wildman–Crippen MR) is 372 cm³/mol. The van der Waals surface area contributed by atoms with Gasteiger partial charge in [0, 0.05) is 82.5 Å². The van der Waals surface area contributed by atoms with Crippen molar-refractivity contribution in [3.8, 4) is 0 Å². The first-order valence-corrected chi connectivity index (χ1v) is 37.8. The first-order valence-electron chi connectivity index (χ1n) is 37.8. The zero-order valence-electron chi connectivity index (χ0n) is 63.3. The van der Waals surface area contributed by atoms with Crippen LogP contribution in [0.5, 0.6) is 0 Å². The second-order valence-corrected chi connectivity index (χ2v) is 31.2. The minimum Gasteiger partial charge on any atom is -0.377 e. The molecule has 0 aromatic heterocycles. The Balaban J connectivity index is 1.31. The van der Waals surface area contributed by atoms with Gasteiger partial charge in [-0.2, -0.15) is 13.2 Å². The summed E-state index contributed by atoms with van der Waals surface area (Å²) < 4.78 is 93.8. The molecule has 0 aromatic carbocycles. The number of carbonyl (C=O) groups excluding carboxylic acids is 12. The monoisotopic (exact) mass is 1480 g/mol. The molecule has 3 heterocycles. The van der Waals surface area contributed by atoms with Gasteiger partial charge in [0.1, 0.15) is 78.3 Å². The molecule has 3 saturated heterocycles. The van der Waals surface area contributed by atoms with Crippen molar-refractivity contribution in [2.24, 2.45) is 35.5 Å². The molecule has 3 N–H and O–H groups in total. The van der Waals surface area contributed by atoms with Crippen molar-refractivity contribution in [2.75, 3.05) is 89.2 Å². The molecule has 31 heteroatoms. The number of amides is 12. The normalized spacial score (nSPS) is 33.1. The second-order valence-electron chi connectivity index (χ2n) is 31.2. The van der Waals surface area contributed by atoms with Crippen molar-refractivity contribution >= 4 is 70.9 Å². The Labute approximate surface area is 609 Å². The molecule has 5 unspecified atom stereocenters. The molecule has 7 aliphatic rings. The van der Waals surface area contributed by atoms with E-state index >= 15 is 37.5 Å². The molecule has 7 fully saturated rings. The molecule has 104 heavy (non-hydrogen) atoms. The van der Waals surface area contributed by atoms with Gasteiger partial charge in [0.25, 0.3) is 0 Å². The lowest BCUT2D eigenvalue weighted by atomic mass is 9.74. The molecule has 0 radical (unpaired) electrons. The largest absolute Gasteiger partial charge is 0.397 e. The van der Waals surface area contributed by atoms with E-state index in [0.29, 0.717) is 64.2 Å². The highest BCUT2D eigenvalue weighted by Gasteiger charge is 2.56. The molecule has 4 aliphatic carbocycles. The summed E-state index contributed by atoms with van der Waals surface area (Å²) in [5, 5.41) is 8.48. The Morgan fingerprint density at radius 2 is 1.28 bits per heavy atom. The summed E-state index contributed by atoms with van der Waals surface area (Å²) in [7, 11) is 11.1. The van der Waals surface area contributed by atoms with E-state index in [1.54, 1.807) is 27.7 Å². The van der Waals surface area contributed by atoms with Gasteiger partial charge in [-0.15, -0.1) is 0 Å². The van der Waals surface area contributed by atoms with Crippen molar-refractivity contribution < 1.29 is 88.6 Å². The molecule has 0 aromatic rings. The fraction of sp³-hybridized carbons (Fsp3) is 0.836. The van der Waals surface area contributed by atoms with E-state index in [-0.39, 0.29) is 89.3 Å². The first kappa shape index (κ1) is 84.4. The molecule has 1 spiro atoms. The predicted octanol–water partition coefficient (Wildman–Crippen LogP) is 5.34. The number of hydrogen-bond acceptors (Lipinski definition) is 13. The fourth-order valence-electron chi connectivity index (χ4n) is 17.0. The van der Waals surface area contributed by atoms with E-state index in [9.17, 15) is 46.3 Å². The summed E-state index contributed by atoms with van der Waals surface area (Å²) in [5.74, 6) is -14.3. The van der Waals surface area contributed by atoms with Crippen molar-refractivity contribution in [3.63, 3.8) is 0 Å². The van der Waals surface area contributed by atoms with Crippen molar-refractivity contribution in [2.45, 2.75) is 267 Å². The van der Waals surface area contributed by atoms with Crippen LogP contribution in [0.25, 0.3) is 0 Å². The summed E-state index contributed by atoms with van der Waals surface area (Å²) in [4.78, 5) is 191. The van der Waals surface area contributed by atoms with Crippen LogP contribution in [-0.4, -0.2) is 289 Å². The highest BCUT2D eigenvalue weighted by molar-refractivity contribution is 6.01. The van der Waals surface area contributed by atoms with E-state index in [4.69, 9.17) is 4.74 Å². The lowest BCUT2D eigenvalue weighted by Gasteiger charge is -2.46. The van der Waals surface area contributed by atoms with Gasteiger partial charge in [0.2, 0.25) is 70.9 Å². The van der Waals surface area contributed by atoms with E-state index in [2.05, 4.69) is 16.0 Å². The van der Waals surface area contributed by atoms with Crippen LogP contribution in [0, 0.1) is 35.5 Å². The average Bonchev–Trinajstić information content (AvgIpc) is 1.21. The third-order valence-electron chi connectivity index (χ3n) is 23.9. The number of fused-ring (bicyclic) bond motifs is 3. The van der Waals surface area contributed by atoms with Crippen LogP contribution in [0.4, 0.5) is 26.3 Å². The van der Waals surface area contributed by atoms with Gasteiger partial charge < -0.3 is 64.8 Å². The summed E-state index contributed by atoms with van der Waals surface area (Å²) >= 11 is 0. The lowest BCUT2D eigenvalue weighted by molar-refractivity contribution is -0.219. The minimum atomic E-state index is -5.19. The maximum atomic E-state index is 15.5. The number of likely N-dealkylation sites (N-methyl/N-ethyl adjacent to an activating group) is 7. The van der Waals surface area contributed by atoms with Crippen molar-refractivity contribution in [1.82, 2.24) is 60.0 Å². The highest BCUT2D eigenvalue weighted by Crippen LogP contribution is 2.45. The topological polar surface area (TPSA) is 279 Å². The minimum absolute atomic E-state index is 0.0240. The van der Waals surface area contributed by atoms with E-state index in [1.165, 1.54) is 76.0 Å². The first-order chi connectivity index (χ1) is 48.9. The number of alkyl halides is 6. The Kier molecular flexibility index (Phi) is 29.8. The third kappa shape index (κ3) is 19.9. The Morgan fingerprint density at radius 1 is 0.644 bits per heavy atom. The van der Waals surface area contributed by atoms with Gasteiger partial charge in [-0.25, -0.2) is 13.2 Å². The zero-order chi connectivity index (χ0) is 77.1. The smallest absolute Gasteiger partial charge is 0.377 e. The molecule has 588 valence electrons. The third-order valence-corrected chi connectivity index (χ3v) is 23.9. The van der Waals surface area contributed by atoms with Crippen LogP contribution in [0.3, 0.4) is 0 Å². The summed E-state index contributed by atoms with van der Waals surface area (Å²) in [6.07, 6.45) is -9.50. The number of nitrogens with zero attached hydrogens (tertiary/aromatic N) is 9. The standard InChI is InChI=1S/C73H116F6N12O13/c1-14-42(4)61-69(101)85(9)41-59(94)87(11)53-25-18-17-21-32-90(68(53)100)56(36-46-27-28-47(74)33-43(46)5)67(99)84(8)40-57(92)80-51(29-26-44-34-49(75)60(50(76)35-44)73(77,78)79)65(97)91-39-48(104-16-3)37-54(91)64(96)82-72(30-22-31-72)71(103)89(13)62(45-23-19-20-24-45)70(102)88(12)55(66(98)83(6)7)38-58(93)86(10)52(15-2)63(95)81-61/h42-56,60-62H,14-41H2,1-13H3,(H,80,92)(H,81,95)(H,82,96)/t42-,43?,44?,46?,47?,48+,49?,50?,51-,52-,53-,54-,55-,56-,60?,61-,62-/m0/s1. The molecule has 15 atom stereocenters. The van der Waals surface area contributed by atoms with Gasteiger partial charge in [0.15, 0.2) is 0 Å². The molecule has 2 bridgehead atoms. The van der Waals surface area contributed by atoms with E-state index in [1.807, 2.05) is 6.92 Å². The number of ether oxygens (including phenoxy) is 1. The molecule has 25 nitrogen and oxygen atoms in total. The fourth-order valence-corrected chi connectivity index (χ4v) is 17.0. The number of nitrogens with one attached hydrogen (secondary N) is 3. The molecule has 4 saturated carbocycles. The zero-order valence-corrected chi connectivity index (χ0v) is 63.3. The molecule has 7 rings (SSSR count). The Morgan fingerprint density at radius 3 is 1.86 bits per heavy atom. The van der Waals surface area contributed by atoms with Gasteiger partial charge in [0.05, 0.1) is 25.6 Å². The van der Waals surface area contributed by atoms with Gasteiger partial charge in [-0.05, 0) is 139 Å². The number of hydrogen-bond donors (Lipinski definition) is 3. The molecular weight excluding hydrogens is 1370 g/mol. The molecular formula is C73H116F6N12O13. The van der Waals surface area contributed by atoms with Gasteiger partial charge in [-0.3, -0.25) is 57.5 Å². The van der Waals surface area contributed by atoms with Gasteiger partial charge >= 0.3 is 6.18 Å². The highest BCUT2D eigenvalue weighted by atomic mass is 19.4. The SMILES string of the molecule is CCO[C@@H]1C[C@H]2C(=O)NC3(CCC3)C(=O)N(C)[C@@H](C3CCCC3)C(=O)N(C)[C@H](C(=O)N(C)C)CC(=O)N(C)[C@@H](CC)C(=O)N[C@@H]([C@@H](C)CC)C(=O)N(C)CC(=O)N(C)[C@H]3CCCCCN(C3=O)[C@@H](CC3CCC(F)CC3C)C(=O)N(C)CC(=O)N[C@@H](CCC3CC(F)C(C(F)(F)F)C(F)C3)C(=O)N2C1. The quantitative estimate of drug-likeness (QED) is 0.208. The van der Waals surface area contributed by atoms with Crippen molar-refractivity contribution in [1.29, 1.82) is 0 Å². The van der Waals surface area contributed by atoms with Crippen LogP contribution >= 0.6 is 0 Å². The van der Waals surface area contributed by atoms with Crippen LogP contribution < -0.4 is 16.0 Å². The molecule has 12 amide bonds. The summed E-state index contributed by atoms with van der Waals surface area (Å²) in [6.45, 7) is 7.28. The average molecular weight is 1480 g/mol. The maximum Gasteiger partial charge on any atom is 0.397 e. The Bertz CT molecular complexity index is 3060. The molecule has 3 aliphatic heterocycles. The summed E-state index contributed by atoms with van der Waals surface area (Å²) in [6, 6.07) is -10.7. The lowest BCUT2D eigenvalue weighted by Crippen LogP contribution is -2.68. The summed E-state index contributed by atoms with van der Waals surface area (Å²) in [5.41, 5.74) is -1.65. The van der Waals surface area contributed by atoms with Crippen LogP contribution in [0.15, 0.2) is 0 Å². The van der Waals surface area contributed by atoms with Gasteiger partial charge in [-0.1, -0.05) is 59.8 Å². The second kappa shape index (κ2) is 36.7. The van der Waals surface area contributed by atoms with Crippen LogP contribution in [0.2, 0.25) is 0 Å².